The van der Waals surface area contributed by atoms with Crippen LogP contribution in [0.1, 0.15) is 6.42 Å². The van der Waals surface area contributed by atoms with Crippen molar-refractivity contribution in [2.75, 3.05) is 32.7 Å². The Labute approximate surface area is 88.6 Å². The molecule has 0 aromatic rings. The maximum atomic E-state index is 3.82. The summed E-state index contributed by atoms with van der Waals surface area (Å²) in [6.45, 7) is 9.70. The Bertz CT molecular complexity index is 69.3. The van der Waals surface area contributed by atoms with Gasteiger partial charge in [0.05, 0.1) is 0 Å². The van der Waals surface area contributed by atoms with Crippen LogP contribution in [0.3, 0.4) is 0 Å². The standard InChI is InChI=1S/C7H15N2.Y/c1-2-5-9-6-3-8-4-7-9;/h8H,1-7H2;/q-1;. The summed E-state index contributed by atoms with van der Waals surface area (Å²) in [4.78, 5) is 2.45. The third kappa shape index (κ3) is 4.02. The molecule has 1 radical (unpaired) electrons. The van der Waals surface area contributed by atoms with Gasteiger partial charge < -0.3 is 17.1 Å². The van der Waals surface area contributed by atoms with Crippen molar-refractivity contribution >= 4 is 0 Å². The van der Waals surface area contributed by atoms with Gasteiger partial charge in [-0.3, -0.25) is 0 Å². The van der Waals surface area contributed by atoms with Gasteiger partial charge in [0.25, 0.3) is 0 Å². The minimum Gasteiger partial charge on any atom is -0.342 e. The molecule has 0 bridgehead atoms. The number of rotatable bonds is 2. The Morgan fingerprint density at radius 2 is 1.90 bits per heavy atom. The van der Waals surface area contributed by atoms with Crippen LogP contribution in [0.5, 0.6) is 0 Å². The van der Waals surface area contributed by atoms with Gasteiger partial charge in [-0.2, -0.15) is 6.42 Å². The third-order valence-corrected chi connectivity index (χ3v) is 1.68. The predicted octanol–water partition coefficient (Wildman–Crippen LogP) is 0.113. The number of hydrogen-bond donors (Lipinski definition) is 1. The van der Waals surface area contributed by atoms with Gasteiger partial charge in [-0.05, 0) is 6.54 Å². The van der Waals surface area contributed by atoms with Crippen molar-refractivity contribution in [3.05, 3.63) is 6.92 Å². The number of hydrogen-bond acceptors (Lipinski definition) is 2. The van der Waals surface area contributed by atoms with Gasteiger partial charge in [0.2, 0.25) is 0 Å². The predicted molar refractivity (Wildman–Crippen MR) is 39.3 cm³/mol. The molecule has 0 unspecified atom stereocenters. The van der Waals surface area contributed by atoms with Crippen LogP contribution >= 0.6 is 0 Å². The van der Waals surface area contributed by atoms with Crippen LogP contribution in [0.15, 0.2) is 0 Å². The van der Waals surface area contributed by atoms with Gasteiger partial charge in [0, 0.05) is 58.9 Å². The van der Waals surface area contributed by atoms with Gasteiger partial charge in [-0.15, -0.1) is 0 Å². The second-order valence-corrected chi connectivity index (χ2v) is 2.45. The van der Waals surface area contributed by atoms with Crippen molar-refractivity contribution in [2.45, 2.75) is 6.42 Å². The average Bonchev–Trinajstić information content (AvgIpc) is 1.91. The smallest absolute Gasteiger partial charge is 0.0106 e. The molecule has 57 valence electrons. The minimum atomic E-state index is 0. The number of nitrogens with zero attached hydrogens (tertiary/aromatic N) is 1. The molecule has 1 fully saturated rings. The van der Waals surface area contributed by atoms with Crippen LogP contribution in [-0.2, 0) is 32.7 Å². The molecule has 0 aromatic heterocycles. The fourth-order valence-corrected chi connectivity index (χ4v) is 1.16. The molecule has 0 atom stereocenters. The van der Waals surface area contributed by atoms with E-state index in [-0.39, 0.29) is 32.7 Å². The monoisotopic (exact) mass is 216 g/mol. The van der Waals surface area contributed by atoms with E-state index in [1.54, 1.807) is 0 Å². The van der Waals surface area contributed by atoms with Crippen LogP contribution in [0.2, 0.25) is 0 Å². The van der Waals surface area contributed by atoms with E-state index < -0.39 is 0 Å². The van der Waals surface area contributed by atoms with E-state index in [2.05, 4.69) is 17.1 Å². The van der Waals surface area contributed by atoms with E-state index in [1.165, 1.54) is 19.6 Å². The summed E-state index contributed by atoms with van der Waals surface area (Å²) in [5, 5.41) is 3.31. The average molecular weight is 216 g/mol. The molecule has 10 heavy (non-hydrogen) atoms. The summed E-state index contributed by atoms with van der Waals surface area (Å²) >= 11 is 0. The quantitative estimate of drug-likeness (QED) is 0.659. The topological polar surface area (TPSA) is 15.3 Å². The molecule has 0 spiro atoms. The Morgan fingerprint density at radius 3 is 2.40 bits per heavy atom. The minimum absolute atomic E-state index is 0. The van der Waals surface area contributed by atoms with E-state index >= 15 is 0 Å². The van der Waals surface area contributed by atoms with Crippen LogP contribution in [0, 0.1) is 6.92 Å². The molecule has 1 saturated heterocycles. The van der Waals surface area contributed by atoms with E-state index in [0.29, 0.717) is 0 Å². The zero-order valence-corrected chi connectivity index (χ0v) is 9.31. The zero-order chi connectivity index (χ0) is 6.53. The van der Waals surface area contributed by atoms with E-state index in [4.69, 9.17) is 0 Å². The van der Waals surface area contributed by atoms with Crippen molar-refractivity contribution in [3.63, 3.8) is 0 Å². The Morgan fingerprint density at radius 1 is 1.30 bits per heavy atom. The second kappa shape index (κ2) is 6.72. The van der Waals surface area contributed by atoms with Gasteiger partial charge in [-0.1, -0.05) is 0 Å². The SMILES string of the molecule is [CH2-]CCN1CCNCC1.[Y]. The van der Waals surface area contributed by atoms with Crippen molar-refractivity contribution in [3.8, 4) is 0 Å². The molecular weight excluding hydrogens is 201 g/mol. The van der Waals surface area contributed by atoms with Crippen LogP contribution in [-0.4, -0.2) is 37.6 Å². The molecule has 0 amide bonds. The molecule has 2 nitrogen and oxygen atoms in total. The maximum Gasteiger partial charge on any atom is 0.0106 e. The van der Waals surface area contributed by atoms with Crippen molar-refractivity contribution in [2.24, 2.45) is 0 Å². The normalized spacial score (nSPS) is 20.1. The van der Waals surface area contributed by atoms with Gasteiger partial charge >= 0.3 is 0 Å². The molecule has 1 aliphatic rings. The first-order valence-electron chi connectivity index (χ1n) is 3.66. The first-order valence-corrected chi connectivity index (χ1v) is 3.66. The molecule has 0 saturated carbocycles. The van der Waals surface area contributed by atoms with Crippen LogP contribution in [0.4, 0.5) is 0 Å². The zero-order valence-electron chi connectivity index (χ0n) is 6.47. The van der Waals surface area contributed by atoms with E-state index in [1.807, 2.05) is 0 Å². The van der Waals surface area contributed by atoms with Crippen LogP contribution < -0.4 is 5.32 Å². The molecule has 1 N–H and O–H groups in total. The number of piperazine rings is 1. The largest absolute Gasteiger partial charge is 0.342 e. The van der Waals surface area contributed by atoms with E-state index in [9.17, 15) is 0 Å². The van der Waals surface area contributed by atoms with Gasteiger partial charge in [0.1, 0.15) is 0 Å². The summed E-state index contributed by atoms with van der Waals surface area (Å²) < 4.78 is 0. The molecular formula is C7H15N2Y-. The van der Waals surface area contributed by atoms with Crippen molar-refractivity contribution in [1.82, 2.24) is 10.2 Å². The van der Waals surface area contributed by atoms with Gasteiger partial charge in [0.15, 0.2) is 0 Å². The summed E-state index contributed by atoms with van der Waals surface area (Å²) in [5.41, 5.74) is 0. The summed E-state index contributed by atoms with van der Waals surface area (Å²) in [5.74, 6) is 0. The first kappa shape index (κ1) is 11.0. The van der Waals surface area contributed by atoms with Crippen LogP contribution in [0.25, 0.3) is 0 Å². The molecule has 1 heterocycles. The molecule has 0 aromatic carbocycles. The first-order chi connectivity index (χ1) is 4.43. The molecule has 0 aliphatic carbocycles. The Hall–Kier alpha value is 1.02. The fourth-order valence-electron chi connectivity index (χ4n) is 1.16. The number of nitrogens with one attached hydrogen (secondary N) is 1. The maximum absolute atomic E-state index is 3.82. The molecule has 1 rings (SSSR count). The van der Waals surface area contributed by atoms with Crippen molar-refractivity contribution in [1.29, 1.82) is 0 Å². The molecule has 1 aliphatic heterocycles. The summed E-state index contributed by atoms with van der Waals surface area (Å²) in [7, 11) is 0. The Balaban J connectivity index is 0.000000810. The summed E-state index contributed by atoms with van der Waals surface area (Å²) in [6.07, 6.45) is 1.04. The fraction of sp³-hybridized carbons (Fsp3) is 0.857. The van der Waals surface area contributed by atoms with Crippen molar-refractivity contribution < 1.29 is 32.7 Å². The van der Waals surface area contributed by atoms with E-state index in [0.717, 1.165) is 19.5 Å². The third-order valence-electron chi connectivity index (χ3n) is 1.68. The second-order valence-electron chi connectivity index (χ2n) is 2.45. The Kier molecular flexibility index (Phi) is 7.40. The molecule has 3 heteroatoms. The summed E-state index contributed by atoms with van der Waals surface area (Å²) in [6, 6.07) is 0. The van der Waals surface area contributed by atoms with Gasteiger partial charge in [-0.25, -0.2) is 0 Å².